The summed E-state index contributed by atoms with van der Waals surface area (Å²) in [6.45, 7) is 1.60. The molecule has 0 saturated carbocycles. The maximum Gasteiger partial charge on any atom is 0.242 e. The molecule has 0 aromatic heterocycles. The van der Waals surface area contributed by atoms with Crippen molar-refractivity contribution in [3.63, 3.8) is 0 Å². The van der Waals surface area contributed by atoms with E-state index in [1.165, 1.54) is 24.3 Å². The molecule has 0 heterocycles. The average molecular weight is 376 g/mol. The minimum atomic E-state index is -3.85. The lowest BCUT2D eigenvalue weighted by atomic mass is 10.1. The predicted octanol–water partition coefficient (Wildman–Crippen LogP) is 3.77. The third kappa shape index (κ3) is 3.87. The van der Waals surface area contributed by atoms with Crippen molar-refractivity contribution in [2.24, 2.45) is 0 Å². The van der Waals surface area contributed by atoms with Crippen LogP contribution < -0.4 is 4.72 Å². The van der Waals surface area contributed by atoms with Gasteiger partial charge in [0.25, 0.3) is 0 Å². The summed E-state index contributed by atoms with van der Waals surface area (Å²) in [4.78, 5) is -0.0767. The highest BCUT2D eigenvalue weighted by Crippen LogP contribution is 2.24. The van der Waals surface area contributed by atoms with Crippen LogP contribution in [0.2, 0.25) is 0 Å². The molecule has 2 rings (SSSR count). The normalized spacial score (nSPS) is 13.1. The summed E-state index contributed by atoms with van der Waals surface area (Å²) in [6.07, 6.45) is 0. The van der Waals surface area contributed by atoms with Crippen molar-refractivity contribution in [2.45, 2.75) is 17.9 Å². The highest BCUT2D eigenvalue weighted by molar-refractivity contribution is 9.10. The molecule has 0 saturated heterocycles. The van der Waals surface area contributed by atoms with Crippen molar-refractivity contribution in [1.82, 2.24) is 4.72 Å². The molecular weight excluding hydrogens is 364 g/mol. The number of benzene rings is 2. The Bertz CT molecular complexity index is 765. The lowest BCUT2D eigenvalue weighted by Gasteiger charge is -2.15. The Morgan fingerprint density at radius 3 is 2.38 bits per heavy atom. The van der Waals surface area contributed by atoms with Crippen LogP contribution in [0.4, 0.5) is 8.78 Å². The van der Waals surface area contributed by atoms with Gasteiger partial charge in [-0.15, -0.1) is 0 Å². The molecule has 7 heteroatoms. The van der Waals surface area contributed by atoms with E-state index in [0.29, 0.717) is 5.56 Å². The fraction of sp³-hybridized carbons (Fsp3) is 0.143. The Kier molecular flexibility index (Phi) is 4.75. The molecule has 1 N–H and O–H groups in total. The van der Waals surface area contributed by atoms with Crippen LogP contribution >= 0.6 is 15.9 Å². The van der Waals surface area contributed by atoms with Crippen LogP contribution in [0.3, 0.4) is 0 Å². The van der Waals surface area contributed by atoms with Gasteiger partial charge >= 0.3 is 0 Å². The zero-order valence-electron chi connectivity index (χ0n) is 11.0. The van der Waals surface area contributed by atoms with Gasteiger partial charge in [0.1, 0.15) is 11.6 Å². The maximum atomic E-state index is 13.2. The largest absolute Gasteiger partial charge is 0.242 e. The molecule has 21 heavy (non-hydrogen) atoms. The van der Waals surface area contributed by atoms with Gasteiger partial charge in [-0.05, 0) is 58.7 Å². The molecule has 1 unspecified atom stereocenters. The predicted molar refractivity (Wildman–Crippen MR) is 79.2 cm³/mol. The molecule has 3 nitrogen and oxygen atoms in total. The van der Waals surface area contributed by atoms with Gasteiger partial charge in [0.15, 0.2) is 0 Å². The van der Waals surface area contributed by atoms with Crippen molar-refractivity contribution in [1.29, 1.82) is 0 Å². The van der Waals surface area contributed by atoms with Crippen LogP contribution in [-0.4, -0.2) is 8.42 Å². The zero-order valence-corrected chi connectivity index (χ0v) is 13.4. The second kappa shape index (κ2) is 6.21. The fourth-order valence-electron chi connectivity index (χ4n) is 1.83. The Morgan fingerprint density at radius 1 is 1.10 bits per heavy atom. The summed E-state index contributed by atoms with van der Waals surface area (Å²) < 4.78 is 53.3. The van der Waals surface area contributed by atoms with Crippen molar-refractivity contribution < 1.29 is 17.2 Å². The van der Waals surface area contributed by atoms with E-state index in [9.17, 15) is 17.2 Å². The smallest absolute Gasteiger partial charge is 0.207 e. The maximum absolute atomic E-state index is 13.2. The Balaban J connectivity index is 2.29. The molecular formula is C14H12BrF2NO2S. The monoisotopic (exact) mass is 375 g/mol. The second-order valence-electron chi connectivity index (χ2n) is 4.47. The van der Waals surface area contributed by atoms with Crippen LogP contribution in [0.5, 0.6) is 0 Å². The molecule has 2 aromatic carbocycles. The SMILES string of the molecule is CC(NS(=O)(=O)c1ccc(F)cc1Br)c1cccc(F)c1. The van der Waals surface area contributed by atoms with E-state index < -0.39 is 27.7 Å². The molecule has 2 aromatic rings. The van der Waals surface area contributed by atoms with Crippen LogP contribution in [0, 0.1) is 11.6 Å². The number of sulfonamides is 1. The third-order valence-electron chi connectivity index (χ3n) is 2.86. The van der Waals surface area contributed by atoms with Crippen LogP contribution in [0.15, 0.2) is 51.8 Å². The standard InChI is InChI=1S/C14H12BrF2NO2S/c1-9(10-3-2-4-11(16)7-10)18-21(19,20)14-6-5-12(17)8-13(14)15/h2-9,18H,1H3. The van der Waals surface area contributed by atoms with E-state index in [4.69, 9.17) is 0 Å². The molecule has 0 aliphatic rings. The second-order valence-corrected chi connectivity index (χ2v) is 7.01. The van der Waals surface area contributed by atoms with E-state index >= 15 is 0 Å². The molecule has 0 radical (unpaired) electrons. The van der Waals surface area contributed by atoms with Gasteiger partial charge in [-0.2, -0.15) is 0 Å². The van der Waals surface area contributed by atoms with Gasteiger partial charge in [-0.3, -0.25) is 0 Å². The summed E-state index contributed by atoms with van der Waals surface area (Å²) in [5.41, 5.74) is 0.497. The summed E-state index contributed by atoms with van der Waals surface area (Å²) in [7, 11) is -3.85. The van der Waals surface area contributed by atoms with E-state index in [1.54, 1.807) is 13.0 Å². The lowest BCUT2D eigenvalue weighted by Crippen LogP contribution is -2.27. The summed E-state index contributed by atoms with van der Waals surface area (Å²) >= 11 is 3.02. The van der Waals surface area contributed by atoms with Crippen molar-refractivity contribution >= 4 is 26.0 Å². The number of hydrogen-bond donors (Lipinski definition) is 1. The number of rotatable bonds is 4. The minimum Gasteiger partial charge on any atom is -0.207 e. The first-order valence-electron chi connectivity index (χ1n) is 6.02. The zero-order chi connectivity index (χ0) is 15.6. The van der Waals surface area contributed by atoms with Crippen LogP contribution in [0.25, 0.3) is 0 Å². The summed E-state index contributed by atoms with van der Waals surface area (Å²) in [5, 5.41) is 0. The topological polar surface area (TPSA) is 46.2 Å². The first-order valence-corrected chi connectivity index (χ1v) is 8.30. The number of halogens is 3. The Hall–Kier alpha value is -1.31. The van der Waals surface area contributed by atoms with E-state index in [0.717, 1.165) is 12.1 Å². The summed E-state index contributed by atoms with van der Waals surface area (Å²) in [6, 6.07) is 8.34. The highest BCUT2D eigenvalue weighted by atomic mass is 79.9. The van der Waals surface area contributed by atoms with Gasteiger partial charge in [-0.25, -0.2) is 21.9 Å². The third-order valence-corrected chi connectivity index (χ3v) is 5.38. The number of nitrogens with one attached hydrogen (secondary N) is 1. The molecule has 0 fully saturated rings. The molecule has 0 amide bonds. The van der Waals surface area contributed by atoms with Gasteiger partial charge in [0.05, 0.1) is 4.90 Å². The van der Waals surface area contributed by atoms with Gasteiger partial charge < -0.3 is 0 Å². The number of hydrogen-bond acceptors (Lipinski definition) is 2. The van der Waals surface area contributed by atoms with E-state index in [2.05, 4.69) is 20.7 Å². The lowest BCUT2D eigenvalue weighted by molar-refractivity contribution is 0.563. The highest BCUT2D eigenvalue weighted by Gasteiger charge is 2.21. The van der Waals surface area contributed by atoms with E-state index in [1.807, 2.05) is 0 Å². The van der Waals surface area contributed by atoms with Crippen molar-refractivity contribution in [3.05, 3.63) is 64.1 Å². The average Bonchev–Trinajstić information content (AvgIpc) is 2.37. The van der Waals surface area contributed by atoms with Crippen LogP contribution in [-0.2, 0) is 10.0 Å². The molecule has 0 bridgehead atoms. The Morgan fingerprint density at radius 2 is 1.76 bits per heavy atom. The molecule has 112 valence electrons. The molecule has 1 atom stereocenters. The fourth-order valence-corrected chi connectivity index (χ4v) is 4.11. The first kappa shape index (κ1) is 16.1. The minimum absolute atomic E-state index is 0.0767. The summed E-state index contributed by atoms with van der Waals surface area (Å²) in [5.74, 6) is -0.986. The molecule has 0 aliphatic carbocycles. The van der Waals surface area contributed by atoms with Gasteiger partial charge in [-0.1, -0.05) is 12.1 Å². The Labute approximate surface area is 130 Å². The first-order chi connectivity index (χ1) is 9.79. The van der Waals surface area contributed by atoms with E-state index in [-0.39, 0.29) is 9.37 Å². The van der Waals surface area contributed by atoms with Crippen LogP contribution in [0.1, 0.15) is 18.5 Å². The van der Waals surface area contributed by atoms with Crippen molar-refractivity contribution in [2.75, 3.05) is 0 Å². The van der Waals surface area contributed by atoms with Crippen molar-refractivity contribution in [3.8, 4) is 0 Å². The molecule has 0 spiro atoms. The molecule has 0 aliphatic heterocycles. The van der Waals surface area contributed by atoms with Gasteiger partial charge in [0.2, 0.25) is 10.0 Å². The van der Waals surface area contributed by atoms with Gasteiger partial charge in [0, 0.05) is 10.5 Å². The quantitative estimate of drug-likeness (QED) is 0.883.